The fraction of sp³-hybridized carbons (Fsp3) is 0.545. The molecule has 0 unspecified atom stereocenters. The van der Waals surface area contributed by atoms with Gasteiger partial charge in [0, 0.05) is 25.0 Å². The van der Waals surface area contributed by atoms with Gasteiger partial charge in [-0.15, -0.1) is 0 Å². The number of rotatable bonds is 7. The van der Waals surface area contributed by atoms with Gasteiger partial charge in [-0.1, -0.05) is 25.6 Å². The van der Waals surface area contributed by atoms with E-state index >= 15 is 0 Å². The van der Waals surface area contributed by atoms with Crippen LogP contribution in [0.3, 0.4) is 0 Å². The molecule has 0 aliphatic carbocycles. The standard InChI is InChI=1S/C11H18N4O3S/c1-7(2)8-5-14-11(19-6-9(16)17)15(8)4-3-13-10(12)18/h5,7H,3-4,6H2,1-2H3,(H,16,17)(H3,12,13,18). The van der Waals surface area contributed by atoms with Gasteiger partial charge in [0.15, 0.2) is 5.16 Å². The summed E-state index contributed by atoms with van der Waals surface area (Å²) in [4.78, 5) is 25.5. The maximum absolute atomic E-state index is 10.6. The molecule has 0 saturated carbocycles. The Morgan fingerprint density at radius 3 is 2.79 bits per heavy atom. The Balaban J connectivity index is 2.79. The Labute approximate surface area is 115 Å². The van der Waals surface area contributed by atoms with E-state index in [1.54, 1.807) is 6.20 Å². The third-order valence-corrected chi connectivity index (χ3v) is 3.38. The second-order valence-corrected chi connectivity index (χ2v) is 5.19. The Hall–Kier alpha value is -1.70. The number of carboxylic acids is 1. The predicted molar refractivity (Wildman–Crippen MR) is 72.3 cm³/mol. The number of aliphatic carboxylic acids is 1. The molecule has 7 nitrogen and oxygen atoms in total. The van der Waals surface area contributed by atoms with Crippen molar-refractivity contribution in [2.24, 2.45) is 5.73 Å². The molecule has 1 heterocycles. The fourth-order valence-corrected chi connectivity index (χ4v) is 2.32. The van der Waals surface area contributed by atoms with E-state index < -0.39 is 12.0 Å². The highest BCUT2D eigenvalue weighted by Gasteiger charge is 2.14. The molecule has 2 amide bonds. The molecule has 0 aromatic carbocycles. The van der Waals surface area contributed by atoms with Crippen molar-refractivity contribution < 1.29 is 14.7 Å². The third-order valence-electron chi connectivity index (χ3n) is 2.40. The number of amides is 2. The number of nitrogens with one attached hydrogen (secondary N) is 1. The highest BCUT2D eigenvalue weighted by Crippen LogP contribution is 2.23. The Kier molecular flexibility index (Phi) is 5.68. The van der Waals surface area contributed by atoms with Gasteiger partial charge in [-0.05, 0) is 5.92 Å². The van der Waals surface area contributed by atoms with Crippen LogP contribution in [-0.2, 0) is 11.3 Å². The molecular weight excluding hydrogens is 268 g/mol. The number of carbonyl (C=O) groups is 2. The van der Waals surface area contributed by atoms with Gasteiger partial charge in [0.2, 0.25) is 0 Å². The maximum Gasteiger partial charge on any atom is 0.313 e. The smallest absolute Gasteiger partial charge is 0.313 e. The molecule has 0 radical (unpaired) electrons. The molecule has 106 valence electrons. The summed E-state index contributed by atoms with van der Waals surface area (Å²) < 4.78 is 1.91. The van der Waals surface area contributed by atoms with Gasteiger partial charge in [0.1, 0.15) is 0 Å². The summed E-state index contributed by atoms with van der Waals surface area (Å²) in [5, 5.41) is 11.8. The van der Waals surface area contributed by atoms with Crippen LogP contribution >= 0.6 is 11.8 Å². The Bertz CT molecular complexity index is 459. The first-order valence-electron chi connectivity index (χ1n) is 5.85. The van der Waals surface area contributed by atoms with E-state index in [0.29, 0.717) is 18.2 Å². The minimum absolute atomic E-state index is 0.0439. The van der Waals surface area contributed by atoms with Gasteiger partial charge in [-0.2, -0.15) is 0 Å². The Morgan fingerprint density at radius 2 is 2.26 bits per heavy atom. The van der Waals surface area contributed by atoms with Crippen LogP contribution in [0.2, 0.25) is 0 Å². The molecule has 0 fully saturated rings. The summed E-state index contributed by atoms with van der Waals surface area (Å²) in [5.41, 5.74) is 6.01. The number of imidazole rings is 1. The second kappa shape index (κ2) is 7.03. The first-order chi connectivity index (χ1) is 8.91. The van der Waals surface area contributed by atoms with Gasteiger partial charge in [-0.3, -0.25) is 4.79 Å². The van der Waals surface area contributed by atoms with E-state index in [9.17, 15) is 9.59 Å². The Morgan fingerprint density at radius 1 is 1.58 bits per heavy atom. The van der Waals surface area contributed by atoms with Gasteiger partial charge < -0.3 is 20.7 Å². The monoisotopic (exact) mass is 286 g/mol. The lowest BCUT2D eigenvalue weighted by Crippen LogP contribution is -2.32. The number of primary amides is 1. The zero-order chi connectivity index (χ0) is 14.4. The summed E-state index contributed by atoms with van der Waals surface area (Å²) in [6, 6.07) is -0.578. The molecule has 4 N–H and O–H groups in total. The summed E-state index contributed by atoms with van der Waals surface area (Å²) in [7, 11) is 0. The van der Waals surface area contributed by atoms with Crippen LogP contribution < -0.4 is 11.1 Å². The zero-order valence-corrected chi connectivity index (χ0v) is 11.7. The summed E-state index contributed by atoms with van der Waals surface area (Å²) in [6.07, 6.45) is 1.74. The van der Waals surface area contributed by atoms with E-state index in [1.165, 1.54) is 0 Å². The molecule has 0 aliphatic heterocycles. The summed E-state index contributed by atoms with van der Waals surface area (Å²) >= 11 is 1.16. The van der Waals surface area contributed by atoms with Crippen molar-refractivity contribution in [2.45, 2.75) is 31.5 Å². The predicted octanol–water partition coefficient (Wildman–Crippen LogP) is 0.851. The van der Waals surface area contributed by atoms with Gasteiger partial charge in [0.05, 0.1) is 5.75 Å². The van der Waals surface area contributed by atoms with E-state index in [1.807, 2.05) is 18.4 Å². The first kappa shape index (κ1) is 15.4. The number of carboxylic acid groups (broad SMARTS) is 1. The molecule has 0 saturated heterocycles. The fourth-order valence-electron chi connectivity index (χ4n) is 1.59. The summed E-state index contributed by atoms with van der Waals surface area (Å²) in [5.74, 6) is -0.668. The van der Waals surface area contributed by atoms with Crippen molar-refractivity contribution in [2.75, 3.05) is 12.3 Å². The lowest BCUT2D eigenvalue weighted by molar-refractivity contribution is -0.133. The van der Waals surface area contributed by atoms with Crippen LogP contribution in [0, 0.1) is 0 Å². The molecule has 0 atom stereocenters. The molecule has 1 aromatic heterocycles. The number of urea groups is 1. The van der Waals surface area contributed by atoms with Crippen molar-refractivity contribution in [3.63, 3.8) is 0 Å². The number of thioether (sulfide) groups is 1. The van der Waals surface area contributed by atoms with Crippen molar-refractivity contribution in [1.82, 2.24) is 14.9 Å². The number of hydrogen-bond donors (Lipinski definition) is 3. The average Bonchev–Trinajstić information content (AvgIpc) is 2.69. The highest BCUT2D eigenvalue weighted by molar-refractivity contribution is 7.99. The van der Waals surface area contributed by atoms with Crippen molar-refractivity contribution in [1.29, 1.82) is 0 Å². The molecule has 0 aliphatic rings. The molecular formula is C11H18N4O3S. The maximum atomic E-state index is 10.6. The SMILES string of the molecule is CC(C)c1cnc(SCC(=O)O)n1CCNC(N)=O. The molecule has 1 aromatic rings. The van der Waals surface area contributed by atoms with E-state index in [4.69, 9.17) is 10.8 Å². The van der Waals surface area contributed by atoms with Crippen LogP contribution in [0.15, 0.2) is 11.4 Å². The van der Waals surface area contributed by atoms with Crippen LogP contribution in [-0.4, -0.2) is 39.0 Å². The third kappa shape index (κ3) is 4.82. The highest BCUT2D eigenvalue weighted by atomic mass is 32.2. The molecule has 0 spiro atoms. The topological polar surface area (TPSA) is 110 Å². The largest absolute Gasteiger partial charge is 0.481 e. The van der Waals surface area contributed by atoms with Gasteiger partial charge in [0.25, 0.3) is 0 Å². The zero-order valence-electron chi connectivity index (χ0n) is 10.9. The van der Waals surface area contributed by atoms with Crippen LogP contribution in [0.25, 0.3) is 0 Å². The molecule has 19 heavy (non-hydrogen) atoms. The van der Waals surface area contributed by atoms with Crippen molar-refractivity contribution in [3.8, 4) is 0 Å². The van der Waals surface area contributed by atoms with E-state index in [-0.39, 0.29) is 11.7 Å². The van der Waals surface area contributed by atoms with E-state index in [2.05, 4.69) is 10.3 Å². The second-order valence-electron chi connectivity index (χ2n) is 4.25. The molecule has 8 heteroatoms. The van der Waals surface area contributed by atoms with Crippen molar-refractivity contribution in [3.05, 3.63) is 11.9 Å². The number of carbonyl (C=O) groups excluding carboxylic acids is 1. The first-order valence-corrected chi connectivity index (χ1v) is 6.83. The van der Waals surface area contributed by atoms with Gasteiger partial charge in [-0.25, -0.2) is 9.78 Å². The van der Waals surface area contributed by atoms with E-state index in [0.717, 1.165) is 17.5 Å². The number of nitrogens with two attached hydrogens (primary N) is 1. The normalized spacial score (nSPS) is 10.7. The van der Waals surface area contributed by atoms with Crippen LogP contribution in [0.4, 0.5) is 4.79 Å². The minimum atomic E-state index is -0.888. The number of aromatic nitrogens is 2. The van der Waals surface area contributed by atoms with Crippen LogP contribution in [0.5, 0.6) is 0 Å². The average molecular weight is 286 g/mol. The summed E-state index contributed by atoms with van der Waals surface area (Å²) in [6.45, 7) is 4.95. The molecule has 0 bridgehead atoms. The number of hydrogen-bond acceptors (Lipinski definition) is 4. The lowest BCUT2D eigenvalue weighted by atomic mass is 10.1. The lowest BCUT2D eigenvalue weighted by Gasteiger charge is -2.13. The van der Waals surface area contributed by atoms with Crippen molar-refractivity contribution >= 4 is 23.8 Å². The molecule has 1 rings (SSSR count). The van der Waals surface area contributed by atoms with Crippen LogP contribution in [0.1, 0.15) is 25.5 Å². The number of nitrogens with zero attached hydrogens (tertiary/aromatic N) is 2. The van der Waals surface area contributed by atoms with Gasteiger partial charge >= 0.3 is 12.0 Å². The minimum Gasteiger partial charge on any atom is -0.481 e. The quantitative estimate of drug-likeness (QED) is 0.644.